The number of carbonyl (C=O) groups excluding carboxylic acids is 2. The molecule has 0 heterocycles. The summed E-state index contributed by atoms with van der Waals surface area (Å²) in [6.07, 6.45) is 3.02. The van der Waals surface area contributed by atoms with E-state index in [0.29, 0.717) is 17.9 Å². The van der Waals surface area contributed by atoms with Gasteiger partial charge in [0.2, 0.25) is 5.91 Å². The van der Waals surface area contributed by atoms with Gasteiger partial charge in [-0.3, -0.25) is 4.79 Å². The molecule has 1 rings (SSSR count). The van der Waals surface area contributed by atoms with Gasteiger partial charge in [-0.2, -0.15) is 0 Å². The molecule has 0 spiro atoms. The van der Waals surface area contributed by atoms with Crippen molar-refractivity contribution >= 4 is 17.6 Å². The molecule has 0 aliphatic rings. The van der Waals surface area contributed by atoms with Gasteiger partial charge in [0, 0.05) is 0 Å². The summed E-state index contributed by atoms with van der Waals surface area (Å²) >= 11 is 0. The molecule has 4 nitrogen and oxygen atoms in total. The lowest BCUT2D eigenvalue weighted by Gasteiger charge is -2.08. The Morgan fingerprint density at radius 2 is 2.06 bits per heavy atom. The zero-order chi connectivity index (χ0) is 12.7. The molecule has 0 unspecified atom stereocenters. The highest BCUT2D eigenvalue weighted by Gasteiger charge is 2.12. The second-order valence-electron chi connectivity index (χ2n) is 3.26. The van der Waals surface area contributed by atoms with Crippen LogP contribution in [-0.2, 0) is 9.53 Å². The number of amides is 1. The highest BCUT2D eigenvalue weighted by Crippen LogP contribution is 2.16. The fourth-order valence-electron chi connectivity index (χ4n) is 1.30. The Kier molecular flexibility index (Phi) is 4.94. The minimum absolute atomic E-state index is 0.274. The van der Waals surface area contributed by atoms with E-state index in [2.05, 4.69) is 5.32 Å². The number of nitrogens with one attached hydrogen (secondary N) is 1. The molecule has 4 heteroatoms. The molecule has 1 amide bonds. The molecule has 0 atom stereocenters. The van der Waals surface area contributed by atoms with Gasteiger partial charge >= 0.3 is 5.97 Å². The third-order valence-electron chi connectivity index (χ3n) is 2.00. The Labute approximate surface area is 100 Å². The van der Waals surface area contributed by atoms with Gasteiger partial charge in [0.1, 0.15) is 0 Å². The molecule has 0 aliphatic heterocycles. The molecule has 0 aliphatic carbocycles. The van der Waals surface area contributed by atoms with Crippen molar-refractivity contribution in [2.75, 3.05) is 11.9 Å². The van der Waals surface area contributed by atoms with Crippen LogP contribution in [0.2, 0.25) is 0 Å². The number of esters is 1. The van der Waals surface area contributed by atoms with Crippen molar-refractivity contribution in [3.63, 3.8) is 0 Å². The van der Waals surface area contributed by atoms with Crippen LogP contribution in [-0.4, -0.2) is 18.5 Å². The van der Waals surface area contributed by atoms with E-state index in [9.17, 15) is 9.59 Å². The molecule has 1 N–H and O–H groups in total. The summed E-state index contributed by atoms with van der Waals surface area (Å²) in [5, 5.41) is 2.62. The van der Waals surface area contributed by atoms with Crippen molar-refractivity contribution in [2.45, 2.75) is 13.8 Å². The molecule has 0 saturated carbocycles. The average Bonchev–Trinajstić information content (AvgIpc) is 2.30. The lowest BCUT2D eigenvalue weighted by atomic mass is 10.2. The number of anilines is 1. The molecule has 90 valence electrons. The van der Waals surface area contributed by atoms with Crippen molar-refractivity contribution in [2.24, 2.45) is 0 Å². The monoisotopic (exact) mass is 233 g/mol. The number of hydrogen-bond donors (Lipinski definition) is 1. The Hall–Kier alpha value is -2.10. The highest BCUT2D eigenvalue weighted by atomic mass is 16.5. The number of hydrogen-bond acceptors (Lipinski definition) is 3. The lowest BCUT2D eigenvalue weighted by molar-refractivity contribution is -0.111. The van der Waals surface area contributed by atoms with Crippen LogP contribution in [0.3, 0.4) is 0 Å². The molecule has 1 aromatic carbocycles. The molecule has 1 aromatic rings. The topological polar surface area (TPSA) is 55.4 Å². The van der Waals surface area contributed by atoms with E-state index < -0.39 is 5.97 Å². The van der Waals surface area contributed by atoms with E-state index in [-0.39, 0.29) is 5.91 Å². The molecule has 0 saturated heterocycles. The predicted octanol–water partition coefficient (Wildman–Crippen LogP) is 2.38. The number of allylic oxidation sites excluding steroid dienone is 1. The normalized spacial score (nSPS) is 10.2. The molecular weight excluding hydrogens is 218 g/mol. The summed E-state index contributed by atoms with van der Waals surface area (Å²) in [5.41, 5.74) is 0.807. The summed E-state index contributed by atoms with van der Waals surface area (Å²) in [4.78, 5) is 23.0. The average molecular weight is 233 g/mol. The van der Waals surface area contributed by atoms with Crippen LogP contribution in [0.4, 0.5) is 5.69 Å². The van der Waals surface area contributed by atoms with Crippen LogP contribution in [0.1, 0.15) is 24.2 Å². The summed E-state index contributed by atoms with van der Waals surface area (Å²) in [6, 6.07) is 6.74. The van der Waals surface area contributed by atoms with Gasteiger partial charge in [-0.15, -0.1) is 0 Å². The third kappa shape index (κ3) is 3.75. The summed E-state index contributed by atoms with van der Waals surface area (Å²) < 4.78 is 4.90. The van der Waals surface area contributed by atoms with Crippen LogP contribution in [0.25, 0.3) is 0 Å². The summed E-state index contributed by atoms with van der Waals surface area (Å²) in [5.74, 6) is -0.715. The highest BCUT2D eigenvalue weighted by molar-refractivity contribution is 6.04. The summed E-state index contributed by atoms with van der Waals surface area (Å²) in [6.45, 7) is 3.78. The lowest BCUT2D eigenvalue weighted by Crippen LogP contribution is -2.13. The largest absolute Gasteiger partial charge is 0.462 e. The van der Waals surface area contributed by atoms with Crippen LogP contribution >= 0.6 is 0 Å². The first-order valence-electron chi connectivity index (χ1n) is 5.38. The fourth-order valence-corrected chi connectivity index (χ4v) is 1.30. The van der Waals surface area contributed by atoms with Crippen molar-refractivity contribution < 1.29 is 14.3 Å². The number of para-hydroxylation sites is 1. The smallest absolute Gasteiger partial charge is 0.340 e. The second-order valence-corrected chi connectivity index (χ2v) is 3.26. The number of benzene rings is 1. The minimum atomic E-state index is -0.441. The van der Waals surface area contributed by atoms with Crippen LogP contribution in [0.5, 0.6) is 0 Å². The van der Waals surface area contributed by atoms with E-state index in [4.69, 9.17) is 4.74 Å². The van der Waals surface area contributed by atoms with E-state index in [1.807, 2.05) is 0 Å². The van der Waals surface area contributed by atoms with E-state index >= 15 is 0 Å². The molecule has 17 heavy (non-hydrogen) atoms. The van der Waals surface area contributed by atoms with Crippen molar-refractivity contribution in [1.29, 1.82) is 0 Å². The van der Waals surface area contributed by atoms with Gasteiger partial charge in [0.15, 0.2) is 0 Å². The first-order chi connectivity index (χ1) is 8.19. The maximum Gasteiger partial charge on any atom is 0.340 e. The standard InChI is InChI=1S/C13H15NO3/c1-3-7-12(15)14-11-9-6-5-8-10(11)13(16)17-4-2/h3,5-9H,4H2,1-2H3,(H,14,15)/b7-3-. The third-order valence-corrected chi connectivity index (χ3v) is 2.00. The first kappa shape index (κ1) is 13.0. The van der Waals surface area contributed by atoms with Gasteiger partial charge in [-0.05, 0) is 32.1 Å². The SMILES string of the molecule is C/C=C\C(=O)Nc1ccccc1C(=O)OCC. The maximum atomic E-state index is 11.6. The minimum Gasteiger partial charge on any atom is -0.462 e. The van der Waals surface area contributed by atoms with Crippen LogP contribution in [0.15, 0.2) is 36.4 Å². The summed E-state index contributed by atoms with van der Waals surface area (Å²) in [7, 11) is 0. The molecule has 0 radical (unpaired) electrons. The Bertz CT molecular complexity index is 438. The van der Waals surface area contributed by atoms with Gasteiger partial charge < -0.3 is 10.1 Å². The van der Waals surface area contributed by atoms with Gasteiger partial charge in [-0.1, -0.05) is 18.2 Å². The quantitative estimate of drug-likeness (QED) is 0.641. The molecule has 0 aromatic heterocycles. The van der Waals surface area contributed by atoms with Crippen molar-refractivity contribution in [1.82, 2.24) is 0 Å². The molecule has 0 fully saturated rings. The van der Waals surface area contributed by atoms with Crippen molar-refractivity contribution in [3.8, 4) is 0 Å². The molecular formula is C13H15NO3. The van der Waals surface area contributed by atoms with Crippen molar-refractivity contribution in [3.05, 3.63) is 42.0 Å². The predicted molar refractivity (Wildman–Crippen MR) is 65.8 cm³/mol. The van der Waals surface area contributed by atoms with Crippen LogP contribution in [0, 0.1) is 0 Å². The number of ether oxygens (including phenoxy) is 1. The van der Waals surface area contributed by atoms with Gasteiger partial charge in [0.05, 0.1) is 17.9 Å². The Morgan fingerprint density at radius 3 is 2.71 bits per heavy atom. The van der Waals surface area contributed by atoms with Crippen LogP contribution < -0.4 is 5.32 Å². The maximum absolute atomic E-state index is 11.6. The Balaban J connectivity index is 2.91. The second kappa shape index (κ2) is 6.48. The first-order valence-corrected chi connectivity index (χ1v) is 5.38. The van der Waals surface area contributed by atoms with E-state index in [1.54, 1.807) is 44.2 Å². The fraction of sp³-hybridized carbons (Fsp3) is 0.231. The van der Waals surface area contributed by atoms with Gasteiger partial charge in [-0.25, -0.2) is 4.79 Å². The van der Waals surface area contributed by atoms with E-state index in [0.717, 1.165) is 0 Å². The number of rotatable bonds is 4. The Morgan fingerprint density at radius 1 is 1.35 bits per heavy atom. The van der Waals surface area contributed by atoms with E-state index in [1.165, 1.54) is 6.08 Å². The number of carbonyl (C=O) groups is 2. The zero-order valence-corrected chi connectivity index (χ0v) is 9.90. The van der Waals surface area contributed by atoms with Gasteiger partial charge in [0.25, 0.3) is 0 Å². The zero-order valence-electron chi connectivity index (χ0n) is 9.90. The molecule has 0 bridgehead atoms.